The van der Waals surface area contributed by atoms with Crippen LogP contribution in [-0.2, 0) is 13.5 Å². The maximum atomic E-state index is 5.93. The fourth-order valence-electron chi connectivity index (χ4n) is 1.77. The number of anilines is 1. The van der Waals surface area contributed by atoms with E-state index in [2.05, 4.69) is 28.3 Å². The zero-order chi connectivity index (χ0) is 12.6. The molecule has 0 aliphatic carbocycles. The molecule has 0 spiro atoms. The summed E-state index contributed by atoms with van der Waals surface area (Å²) >= 11 is 1.30. The molecule has 0 aliphatic heterocycles. The van der Waals surface area contributed by atoms with Crippen LogP contribution in [-0.4, -0.2) is 19.1 Å². The van der Waals surface area contributed by atoms with Gasteiger partial charge < -0.3 is 5.73 Å². The highest BCUT2D eigenvalue weighted by Gasteiger charge is 2.17. The monoisotopic (exact) mass is 251 g/mol. The average Bonchev–Trinajstić information content (AvgIpc) is 2.70. The average molecular weight is 251 g/mol. The van der Waals surface area contributed by atoms with Crippen LogP contribution < -0.4 is 5.73 Å². The minimum Gasteiger partial charge on any atom is -0.389 e. The molecule has 0 amide bonds. The van der Waals surface area contributed by atoms with Crippen molar-refractivity contribution >= 4 is 16.5 Å². The summed E-state index contributed by atoms with van der Waals surface area (Å²) < 4.78 is 6.02. The number of aromatic nitrogens is 4. The first-order valence-corrected chi connectivity index (χ1v) is 6.38. The molecule has 0 aromatic carbocycles. The lowest BCUT2D eigenvalue weighted by atomic mass is 10.1. The quantitative estimate of drug-likeness (QED) is 0.906. The standard InChI is InChI=1S/C11H17N5S/c1-6(2)5-8-13-11(16(4)14-8)9-7(3)15-17-10(9)12/h6H,5,12H2,1-4H3. The molecule has 0 atom stereocenters. The molecule has 2 heterocycles. The van der Waals surface area contributed by atoms with Gasteiger partial charge in [0.25, 0.3) is 0 Å². The van der Waals surface area contributed by atoms with Crippen LogP contribution in [0.3, 0.4) is 0 Å². The van der Waals surface area contributed by atoms with Crippen LogP contribution >= 0.6 is 11.5 Å². The van der Waals surface area contributed by atoms with E-state index >= 15 is 0 Å². The van der Waals surface area contributed by atoms with Crippen molar-refractivity contribution in [2.75, 3.05) is 5.73 Å². The lowest BCUT2D eigenvalue weighted by molar-refractivity contribution is 0.613. The highest BCUT2D eigenvalue weighted by atomic mass is 32.1. The smallest absolute Gasteiger partial charge is 0.163 e. The van der Waals surface area contributed by atoms with Crippen LogP contribution in [0.25, 0.3) is 11.4 Å². The Labute approximate surface area is 105 Å². The first kappa shape index (κ1) is 12.0. The van der Waals surface area contributed by atoms with E-state index in [1.807, 2.05) is 14.0 Å². The zero-order valence-corrected chi connectivity index (χ0v) is 11.4. The van der Waals surface area contributed by atoms with Gasteiger partial charge in [-0.3, -0.25) is 0 Å². The summed E-state index contributed by atoms with van der Waals surface area (Å²) in [5.41, 5.74) is 7.76. The van der Waals surface area contributed by atoms with Gasteiger partial charge >= 0.3 is 0 Å². The van der Waals surface area contributed by atoms with E-state index in [1.165, 1.54) is 11.5 Å². The molecule has 0 saturated heterocycles. The number of rotatable bonds is 3. The minimum atomic E-state index is 0.546. The van der Waals surface area contributed by atoms with Gasteiger partial charge in [0.05, 0.1) is 11.3 Å². The number of nitrogens with zero attached hydrogens (tertiary/aromatic N) is 4. The first-order chi connectivity index (χ1) is 7.99. The van der Waals surface area contributed by atoms with Crippen LogP contribution in [0.2, 0.25) is 0 Å². The third-order valence-corrected chi connectivity index (χ3v) is 3.28. The van der Waals surface area contributed by atoms with Gasteiger partial charge in [0.15, 0.2) is 11.6 Å². The molecule has 0 unspecified atom stereocenters. The Balaban J connectivity index is 2.43. The predicted octanol–water partition coefficient (Wildman–Crippen LogP) is 2.03. The SMILES string of the molecule is Cc1nsc(N)c1-c1nc(CC(C)C)nn1C. The summed E-state index contributed by atoms with van der Waals surface area (Å²) in [6.07, 6.45) is 0.879. The highest BCUT2D eigenvalue weighted by Crippen LogP contribution is 2.30. The van der Waals surface area contributed by atoms with E-state index in [9.17, 15) is 0 Å². The van der Waals surface area contributed by atoms with E-state index in [0.29, 0.717) is 10.9 Å². The fourth-order valence-corrected chi connectivity index (χ4v) is 2.42. The number of hydrogen-bond donors (Lipinski definition) is 1. The fraction of sp³-hybridized carbons (Fsp3) is 0.545. The maximum Gasteiger partial charge on any atom is 0.163 e. The van der Waals surface area contributed by atoms with Crippen LogP contribution in [0, 0.1) is 12.8 Å². The van der Waals surface area contributed by atoms with Crippen LogP contribution in [0.15, 0.2) is 0 Å². The number of hydrogen-bond acceptors (Lipinski definition) is 5. The molecule has 2 aromatic rings. The first-order valence-electron chi connectivity index (χ1n) is 5.61. The van der Waals surface area contributed by atoms with Crippen molar-refractivity contribution in [1.29, 1.82) is 0 Å². The molecule has 2 rings (SSSR count). The topological polar surface area (TPSA) is 69.6 Å². The third kappa shape index (κ3) is 2.31. The van der Waals surface area contributed by atoms with Crippen LogP contribution in [0.5, 0.6) is 0 Å². The maximum absolute atomic E-state index is 5.93. The Morgan fingerprint density at radius 1 is 1.41 bits per heavy atom. The van der Waals surface area contributed by atoms with E-state index in [4.69, 9.17) is 5.73 Å². The van der Waals surface area contributed by atoms with Gasteiger partial charge in [-0.05, 0) is 24.4 Å². The summed E-state index contributed by atoms with van der Waals surface area (Å²) in [5.74, 6) is 2.22. The van der Waals surface area contributed by atoms with Crippen molar-refractivity contribution < 1.29 is 0 Å². The van der Waals surface area contributed by atoms with E-state index in [-0.39, 0.29) is 0 Å². The van der Waals surface area contributed by atoms with Gasteiger partial charge in [-0.2, -0.15) is 9.47 Å². The van der Waals surface area contributed by atoms with Crippen molar-refractivity contribution in [3.05, 3.63) is 11.5 Å². The van der Waals surface area contributed by atoms with Gasteiger partial charge in [0.1, 0.15) is 5.00 Å². The number of nitrogens with two attached hydrogens (primary N) is 1. The van der Waals surface area contributed by atoms with Crippen molar-refractivity contribution in [1.82, 2.24) is 19.1 Å². The van der Waals surface area contributed by atoms with Crippen molar-refractivity contribution in [2.24, 2.45) is 13.0 Å². The Kier molecular flexibility index (Phi) is 3.15. The molecule has 2 N–H and O–H groups in total. The van der Waals surface area contributed by atoms with E-state index < -0.39 is 0 Å². The Morgan fingerprint density at radius 2 is 2.12 bits per heavy atom. The van der Waals surface area contributed by atoms with Crippen molar-refractivity contribution in [2.45, 2.75) is 27.2 Å². The van der Waals surface area contributed by atoms with Gasteiger partial charge in [0.2, 0.25) is 0 Å². The second-order valence-corrected chi connectivity index (χ2v) is 5.39. The number of nitrogen functional groups attached to an aromatic ring is 1. The predicted molar refractivity (Wildman–Crippen MR) is 69.8 cm³/mol. The molecular weight excluding hydrogens is 234 g/mol. The van der Waals surface area contributed by atoms with Crippen molar-refractivity contribution in [3.63, 3.8) is 0 Å². The molecular formula is C11H17N5S. The van der Waals surface area contributed by atoms with Crippen LogP contribution in [0.1, 0.15) is 25.4 Å². The summed E-state index contributed by atoms with van der Waals surface area (Å²) in [5, 5.41) is 5.12. The summed E-state index contributed by atoms with van der Waals surface area (Å²) in [7, 11) is 1.89. The zero-order valence-electron chi connectivity index (χ0n) is 10.6. The van der Waals surface area contributed by atoms with Gasteiger partial charge in [-0.25, -0.2) is 9.67 Å². The number of aryl methyl sites for hydroxylation is 2. The normalized spacial score (nSPS) is 11.4. The molecule has 0 saturated carbocycles. The molecule has 2 aromatic heterocycles. The minimum absolute atomic E-state index is 0.546. The Bertz CT molecular complexity index is 506. The summed E-state index contributed by atoms with van der Waals surface area (Å²) in [4.78, 5) is 4.55. The van der Waals surface area contributed by atoms with Gasteiger partial charge in [-0.15, -0.1) is 0 Å². The molecule has 92 valence electrons. The molecule has 6 heteroatoms. The van der Waals surface area contributed by atoms with Gasteiger partial charge in [0, 0.05) is 13.5 Å². The van der Waals surface area contributed by atoms with E-state index in [1.54, 1.807) is 4.68 Å². The molecule has 0 bridgehead atoms. The third-order valence-electron chi connectivity index (χ3n) is 2.51. The van der Waals surface area contributed by atoms with Gasteiger partial charge in [-0.1, -0.05) is 13.8 Å². The highest BCUT2D eigenvalue weighted by molar-refractivity contribution is 7.10. The largest absolute Gasteiger partial charge is 0.389 e. The molecule has 0 aliphatic rings. The molecule has 5 nitrogen and oxygen atoms in total. The lowest BCUT2D eigenvalue weighted by Crippen LogP contribution is -1.98. The van der Waals surface area contributed by atoms with Crippen LogP contribution in [0.4, 0.5) is 5.00 Å². The summed E-state index contributed by atoms with van der Waals surface area (Å²) in [6, 6.07) is 0. The van der Waals surface area contributed by atoms with E-state index in [0.717, 1.165) is 29.3 Å². The Morgan fingerprint density at radius 3 is 2.65 bits per heavy atom. The molecule has 17 heavy (non-hydrogen) atoms. The molecule has 0 fully saturated rings. The Hall–Kier alpha value is -1.43. The second kappa shape index (κ2) is 4.44. The second-order valence-electron chi connectivity index (χ2n) is 4.58. The van der Waals surface area contributed by atoms with Crippen molar-refractivity contribution in [3.8, 4) is 11.4 Å². The summed E-state index contributed by atoms with van der Waals surface area (Å²) in [6.45, 7) is 6.25. The lowest BCUT2D eigenvalue weighted by Gasteiger charge is -1.98. The molecule has 0 radical (unpaired) electrons.